The Morgan fingerprint density at radius 3 is 2.95 bits per heavy atom. The second-order valence-electron chi connectivity index (χ2n) is 5.44. The molecule has 1 aromatic heterocycles. The fourth-order valence-corrected chi connectivity index (χ4v) is 3.07. The zero-order chi connectivity index (χ0) is 14.8. The lowest BCUT2D eigenvalue weighted by atomic mass is 10.2. The third-order valence-electron chi connectivity index (χ3n) is 4.09. The number of fused-ring (bicyclic) bond motifs is 1. The van der Waals surface area contributed by atoms with Gasteiger partial charge in [-0.25, -0.2) is 4.79 Å². The minimum absolute atomic E-state index is 0.150. The van der Waals surface area contributed by atoms with Gasteiger partial charge in [-0.05, 0) is 37.9 Å². The van der Waals surface area contributed by atoms with Gasteiger partial charge >= 0.3 is 5.76 Å². The highest BCUT2D eigenvalue weighted by atomic mass is 16.4. The monoisotopic (exact) mass is 289 g/mol. The van der Waals surface area contributed by atoms with Crippen LogP contribution in [0.2, 0.25) is 0 Å². The Kier molecular flexibility index (Phi) is 3.79. The summed E-state index contributed by atoms with van der Waals surface area (Å²) in [4.78, 5) is 25.3. The maximum absolute atomic E-state index is 11.8. The molecule has 0 spiro atoms. The lowest BCUT2D eigenvalue weighted by molar-refractivity contribution is -0.122. The van der Waals surface area contributed by atoms with Gasteiger partial charge in [0.25, 0.3) is 0 Å². The van der Waals surface area contributed by atoms with E-state index in [0.29, 0.717) is 12.1 Å². The van der Waals surface area contributed by atoms with Crippen LogP contribution in [0.15, 0.2) is 33.5 Å². The molecule has 6 heteroatoms. The molecule has 3 rings (SSSR count). The second kappa shape index (κ2) is 5.73. The average molecular weight is 289 g/mol. The molecule has 112 valence electrons. The number of oxazole rings is 1. The number of hydrogen-bond donors (Lipinski definition) is 1. The van der Waals surface area contributed by atoms with Crippen LogP contribution in [0.4, 0.5) is 0 Å². The fourth-order valence-electron chi connectivity index (χ4n) is 3.07. The lowest BCUT2D eigenvalue weighted by Gasteiger charge is -2.21. The first-order valence-corrected chi connectivity index (χ1v) is 7.28. The molecular formula is C15H19N3O3. The van der Waals surface area contributed by atoms with Gasteiger partial charge in [0.05, 0.1) is 11.6 Å². The zero-order valence-electron chi connectivity index (χ0n) is 11.8. The van der Waals surface area contributed by atoms with Gasteiger partial charge in [0.15, 0.2) is 5.58 Å². The summed E-state index contributed by atoms with van der Waals surface area (Å²) in [5.41, 5.74) is 6.83. The van der Waals surface area contributed by atoms with Crippen LogP contribution in [0.3, 0.4) is 0 Å². The Labute approximate surface area is 122 Å². The normalized spacial score (nSPS) is 19.3. The number of aryl methyl sites for hydroxylation is 1. The molecule has 21 heavy (non-hydrogen) atoms. The first-order chi connectivity index (χ1) is 10.2. The van der Waals surface area contributed by atoms with E-state index in [2.05, 4.69) is 4.90 Å². The van der Waals surface area contributed by atoms with Gasteiger partial charge < -0.3 is 10.2 Å². The van der Waals surface area contributed by atoms with Gasteiger partial charge in [-0.15, -0.1) is 0 Å². The van der Waals surface area contributed by atoms with Gasteiger partial charge in [-0.1, -0.05) is 12.1 Å². The average Bonchev–Trinajstić information content (AvgIpc) is 3.04. The molecule has 1 atom stereocenters. The van der Waals surface area contributed by atoms with Crippen molar-refractivity contribution in [2.24, 2.45) is 5.73 Å². The number of benzene rings is 1. The Hall–Kier alpha value is -2.08. The molecule has 0 bridgehead atoms. The molecule has 1 saturated heterocycles. The van der Waals surface area contributed by atoms with E-state index in [1.165, 1.54) is 0 Å². The van der Waals surface area contributed by atoms with Gasteiger partial charge in [-0.2, -0.15) is 0 Å². The maximum Gasteiger partial charge on any atom is 0.419 e. The number of rotatable bonds is 5. The molecule has 0 radical (unpaired) electrons. The second-order valence-corrected chi connectivity index (χ2v) is 5.44. The highest BCUT2D eigenvalue weighted by molar-refractivity contribution is 5.80. The van der Waals surface area contributed by atoms with E-state index in [-0.39, 0.29) is 17.7 Å². The van der Waals surface area contributed by atoms with E-state index in [1.807, 2.05) is 18.2 Å². The largest absolute Gasteiger partial charge is 0.419 e. The molecule has 1 fully saturated rings. The van der Waals surface area contributed by atoms with Crippen LogP contribution in [0.25, 0.3) is 11.1 Å². The number of nitrogens with two attached hydrogens (primary N) is 1. The molecule has 0 saturated carbocycles. The summed E-state index contributed by atoms with van der Waals surface area (Å²) in [5, 5.41) is 0. The van der Waals surface area contributed by atoms with Crippen LogP contribution in [0, 0.1) is 0 Å². The van der Waals surface area contributed by atoms with Crippen molar-refractivity contribution in [3.63, 3.8) is 0 Å². The van der Waals surface area contributed by atoms with Crippen molar-refractivity contribution in [1.82, 2.24) is 9.47 Å². The fraction of sp³-hybridized carbons (Fsp3) is 0.467. The van der Waals surface area contributed by atoms with E-state index >= 15 is 0 Å². The van der Waals surface area contributed by atoms with Gasteiger partial charge in [0.2, 0.25) is 5.91 Å². The molecule has 1 aromatic carbocycles. The van der Waals surface area contributed by atoms with Crippen molar-refractivity contribution in [3.8, 4) is 0 Å². The lowest BCUT2D eigenvalue weighted by Crippen LogP contribution is -2.41. The number of carbonyl (C=O) groups is 1. The first kappa shape index (κ1) is 13.9. The van der Waals surface area contributed by atoms with Gasteiger partial charge in [0.1, 0.15) is 0 Å². The first-order valence-electron chi connectivity index (χ1n) is 7.28. The number of carbonyl (C=O) groups excluding carboxylic acids is 1. The number of nitrogens with zero attached hydrogens (tertiary/aromatic N) is 2. The third-order valence-corrected chi connectivity index (χ3v) is 4.09. The van der Waals surface area contributed by atoms with Crippen molar-refractivity contribution >= 4 is 17.0 Å². The summed E-state index contributed by atoms with van der Waals surface area (Å²) in [6.45, 7) is 2.24. The quantitative estimate of drug-likeness (QED) is 0.888. The van der Waals surface area contributed by atoms with Crippen LogP contribution >= 0.6 is 0 Å². The van der Waals surface area contributed by atoms with Crippen molar-refractivity contribution < 1.29 is 9.21 Å². The molecule has 1 aliphatic heterocycles. The van der Waals surface area contributed by atoms with Crippen molar-refractivity contribution in [3.05, 3.63) is 34.8 Å². The van der Waals surface area contributed by atoms with Crippen molar-refractivity contribution in [1.29, 1.82) is 0 Å². The minimum Gasteiger partial charge on any atom is -0.408 e. The van der Waals surface area contributed by atoms with Crippen LogP contribution in [0.5, 0.6) is 0 Å². The summed E-state index contributed by atoms with van der Waals surface area (Å²) < 4.78 is 6.84. The topological polar surface area (TPSA) is 81.5 Å². The summed E-state index contributed by atoms with van der Waals surface area (Å²) >= 11 is 0. The highest BCUT2D eigenvalue weighted by Gasteiger charge is 2.28. The number of hydrogen-bond acceptors (Lipinski definition) is 4. The number of primary amides is 1. The molecule has 1 amide bonds. The van der Waals surface area contributed by atoms with Crippen LogP contribution in [-0.4, -0.2) is 34.5 Å². The van der Waals surface area contributed by atoms with Crippen LogP contribution in [0.1, 0.15) is 19.3 Å². The molecule has 2 aromatic rings. The van der Waals surface area contributed by atoms with E-state index in [9.17, 15) is 9.59 Å². The summed E-state index contributed by atoms with van der Waals surface area (Å²) in [6.07, 6.45) is 2.62. The molecular weight excluding hydrogens is 270 g/mol. The molecule has 0 aliphatic carbocycles. The standard InChI is InChI=1S/C15H19N3O3/c16-14(19)12-6-3-8-17(12)9-4-10-18-11-5-1-2-7-13(11)21-15(18)20/h1-2,5,7,12H,3-4,6,8-10H2,(H2,16,19). The third kappa shape index (κ3) is 2.71. The predicted molar refractivity (Wildman–Crippen MR) is 78.9 cm³/mol. The predicted octanol–water partition coefficient (Wildman–Crippen LogP) is 0.934. The molecule has 6 nitrogen and oxygen atoms in total. The molecule has 1 aliphatic rings. The summed E-state index contributed by atoms with van der Waals surface area (Å²) in [5.74, 6) is -0.581. The Morgan fingerprint density at radius 2 is 2.14 bits per heavy atom. The number of para-hydroxylation sites is 2. The minimum atomic E-state index is -0.330. The molecule has 2 N–H and O–H groups in total. The molecule has 2 heterocycles. The Morgan fingerprint density at radius 1 is 1.33 bits per heavy atom. The van der Waals surface area contributed by atoms with Crippen molar-refractivity contribution in [2.45, 2.75) is 31.8 Å². The summed E-state index contributed by atoms with van der Waals surface area (Å²) in [7, 11) is 0. The number of aromatic nitrogens is 1. The SMILES string of the molecule is NC(=O)C1CCCN1CCCn1c(=O)oc2ccccc21. The maximum atomic E-state index is 11.8. The number of amides is 1. The smallest absolute Gasteiger partial charge is 0.408 e. The Balaban J connectivity index is 1.66. The van der Waals surface area contributed by atoms with E-state index in [1.54, 1.807) is 10.6 Å². The van der Waals surface area contributed by atoms with Crippen molar-refractivity contribution in [2.75, 3.05) is 13.1 Å². The van der Waals surface area contributed by atoms with Crippen LogP contribution < -0.4 is 11.5 Å². The number of likely N-dealkylation sites (tertiary alicyclic amines) is 1. The molecule has 1 unspecified atom stereocenters. The van der Waals surface area contributed by atoms with E-state index in [0.717, 1.165) is 37.9 Å². The van der Waals surface area contributed by atoms with Gasteiger partial charge in [0, 0.05) is 13.1 Å². The highest BCUT2D eigenvalue weighted by Crippen LogP contribution is 2.17. The van der Waals surface area contributed by atoms with Gasteiger partial charge in [-0.3, -0.25) is 14.3 Å². The Bertz CT molecular complexity index is 703. The zero-order valence-corrected chi connectivity index (χ0v) is 11.8. The van der Waals surface area contributed by atoms with E-state index in [4.69, 9.17) is 10.2 Å². The van der Waals surface area contributed by atoms with Crippen LogP contribution in [-0.2, 0) is 11.3 Å². The summed E-state index contributed by atoms with van der Waals surface area (Å²) in [6, 6.07) is 7.25. The van der Waals surface area contributed by atoms with E-state index < -0.39 is 0 Å².